The van der Waals surface area contributed by atoms with Crippen LogP contribution >= 0.6 is 11.8 Å². The quantitative estimate of drug-likeness (QED) is 0.605. The molecule has 0 unspecified atom stereocenters. The smallest absolute Gasteiger partial charge is 0.191 e. The Balaban J connectivity index is 2.03. The summed E-state index contributed by atoms with van der Waals surface area (Å²) in [6.07, 6.45) is 4.55. The van der Waals surface area contributed by atoms with Crippen LogP contribution in [0, 0.1) is 5.41 Å². The van der Waals surface area contributed by atoms with Crippen molar-refractivity contribution in [1.29, 1.82) is 0 Å². The molecule has 1 aromatic rings. The topological polar surface area (TPSA) is 63.8 Å². The van der Waals surface area contributed by atoms with Crippen LogP contribution in [0.25, 0.3) is 0 Å². The summed E-state index contributed by atoms with van der Waals surface area (Å²) >= 11 is 1.50. The number of hydrogen-bond donors (Lipinski definition) is 2. The molecule has 1 saturated carbocycles. The molecule has 1 aliphatic rings. The number of nitrogens with one attached hydrogen (secondary N) is 1. The van der Waals surface area contributed by atoms with Crippen LogP contribution in [0.3, 0.4) is 0 Å². The minimum Gasteiger partial charge on any atom is -0.383 e. The van der Waals surface area contributed by atoms with Crippen LogP contribution in [0.5, 0.6) is 0 Å². The highest BCUT2D eigenvalue weighted by Crippen LogP contribution is 2.44. The van der Waals surface area contributed by atoms with E-state index in [1.165, 1.54) is 24.6 Å². The van der Waals surface area contributed by atoms with Crippen molar-refractivity contribution < 1.29 is 0 Å². The molecule has 15 heavy (non-hydrogen) atoms. The molecule has 1 fully saturated rings. The lowest BCUT2D eigenvalue weighted by Crippen LogP contribution is -2.13. The maximum Gasteiger partial charge on any atom is 0.191 e. The fourth-order valence-electron chi connectivity index (χ4n) is 1.32. The van der Waals surface area contributed by atoms with E-state index in [0.29, 0.717) is 11.2 Å². The summed E-state index contributed by atoms with van der Waals surface area (Å²) < 4.78 is 0. The van der Waals surface area contributed by atoms with Crippen molar-refractivity contribution in [3.05, 3.63) is 6.07 Å². The van der Waals surface area contributed by atoms with Gasteiger partial charge in [-0.25, -0.2) is 9.97 Å². The van der Waals surface area contributed by atoms with E-state index in [1.54, 1.807) is 6.07 Å². The lowest BCUT2D eigenvalue weighted by Gasteiger charge is -2.11. The highest BCUT2D eigenvalue weighted by molar-refractivity contribution is 7.98. The third-order valence-electron chi connectivity index (χ3n) is 2.71. The van der Waals surface area contributed by atoms with Crippen LogP contribution in [0.4, 0.5) is 11.6 Å². The number of anilines is 2. The molecule has 1 aromatic heterocycles. The Morgan fingerprint density at radius 2 is 2.27 bits per heavy atom. The summed E-state index contributed by atoms with van der Waals surface area (Å²) in [6.45, 7) is 3.25. The second kappa shape index (κ2) is 3.89. The summed E-state index contributed by atoms with van der Waals surface area (Å²) in [5, 5.41) is 4.04. The van der Waals surface area contributed by atoms with Crippen LogP contribution in [-0.2, 0) is 0 Å². The number of thioether (sulfide) groups is 1. The Bertz CT molecular complexity index is 362. The standard InChI is InChI=1S/C10H16N4S/c1-10(3-4-10)6-12-8-5-7(11)13-9(14-8)15-2/h5H,3-4,6H2,1-2H3,(H3,11,12,13,14). The van der Waals surface area contributed by atoms with Gasteiger partial charge in [0.15, 0.2) is 5.16 Å². The number of nitrogen functional groups attached to an aromatic ring is 1. The van der Waals surface area contributed by atoms with Crippen molar-refractivity contribution in [2.75, 3.05) is 23.9 Å². The molecule has 0 saturated heterocycles. The zero-order valence-electron chi connectivity index (χ0n) is 9.08. The molecule has 0 atom stereocenters. The first kappa shape index (κ1) is 10.5. The van der Waals surface area contributed by atoms with Crippen molar-refractivity contribution in [3.8, 4) is 0 Å². The predicted octanol–water partition coefficient (Wildman–Crippen LogP) is 1.99. The zero-order valence-corrected chi connectivity index (χ0v) is 9.90. The van der Waals surface area contributed by atoms with Crippen LogP contribution in [0.2, 0.25) is 0 Å². The van der Waals surface area contributed by atoms with Crippen LogP contribution < -0.4 is 11.1 Å². The van der Waals surface area contributed by atoms with E-state index >= 15 is 0 Å². The molecule has 5 heteroatoms. The predicted molar refractivity (Wildman–Crippen MR) is 64.1 cm³/mol. The number of aromatic nitrogens is 2. The van der Waals surface area contributed by atoms with Gasteiger partial charge in [0.25, 0.3) is 0 Å². The fourth-order valence-corrected chi connectivity index (χ4v) is 1.71. The van der Waals surface area contributed by atoms with E-state index < -0.39 is 0 Å². The maximum absolute atomic E-state index is 5.69. The number of hydrogen-bond acceptors (Lipinski definition) is 5. The second-order valence-corrected chi connectivity index (χ2v) is 5.10. The van der Waals surface area contributed by atoms with Gasteiger partial charge in [0, 0.05) is 12.6 Å². The van der Waals surface area contributed by atoms with Gasteiger partial charge in [-0.15, -0.1) is 0 Å². The number of nitrogens with two attached hydrogens (primary N) is 1. The molecule has 3 N–H and O–H groups in total. The van der Waals surface area contributed by atoms with E-state index in [2.05, 4.69) is 22.2 Å². The third-order valence-corrected chi connectivity index (χ3v) is 3.26. The molecule has 0 bridgehead atoms. The fraction of sp³-hybridized carbons (Fsp3) is 0.600. The summed E-state index contributed by atoms with van der Waals surface area (Å²) in [7, 11) is 0. The minimum absolute atomic E-state index is 0.471. The van der Waals surface area contributed by atoms with Crippen molar-refractivity contribution in [3.63, 3.8) is 0 Å². The van der Waals surface area contributed by atoms with Gasteiger partial charge in [-0.2, -0.15) is 0 Å². The minimum atomic E-state index is 0.471. The van der Waals surface area contributed by atoms with Gasteiger partial charge >= 0.3 is 0 Å². The maximum atomic E-state index is 5.69. The average molecular weight is 224 g/mol. The Kier molecular flexibility index (Phi) is 2.73. The second-order valence-electron chi connectivity index (χ2n) is 4.33. The average Bonchev–Trinajstić information content (AvgIpc) is 2.94. The molecule has 4 nitrogen and oxygen atoms in total. The van der Waals surface area contributed by atoms with Gasteiger partial charge in [-0.1, -0.05) is 18.7 Å². The van der Waals surface area contributed by atoms with Crippen LogP contribution in [0.15, 0.2) is 11.2 Å². The molecule has 0 spiro atoms. The SMILES string of the molecule is CSc1nc(N)cc(NCC2(C)CC2)n1. The normalized spacial score (nSPS) is 17.5. The lowest BCUT2D eigenvalue weighted by molar-refractivity contribution is 0.608. The molecule has 2 rings (SSSR count). The Hall–Kier alpha value is -0.970. The Morgan fingerprint density at radius 1 is 1.53 bits per heavy atom. The van der Waals surface area contributed by atoms with Crippen molar-refractivity contribution in [2.24, 2.45) is 5.41 Å². The first-order valence-electron chi connectivity index (χ1n) is 5.04. The molecular formula is C10H16N4S. The Morgan fingerprint density at radius 3 is 2.87 bits per heavy atom. The first-order valence-corrected chi connectivity index (χ1v) is 6.26. The van der Waals surface area contributed by atoms with E-state index in [4.69, 9.17) is 5.73 Å². The van der Waals surface area contributed by atoms with Crippen LogP contribution in [0.1, 0.15) is 19.8 Å². The molecular weight excluding hydrogens is 208 g/mol. The number of nitrogens with zero attached hydrogens (tertiary/aromatic N) is 2. The van der Waals surface area contributed by atoms with Gasteiger partial charge in [0.2, 0.25) is 0 Å². The molecule has 0 amide bonds. The first-order chi connectivity index (χ1) is 7.11. The van der Waals surface area contributed by atoms with Gasteiger partial charge in [-0.05, 0) is 24.5 Å². The molecule has 0 aromatic carbocycles. The van der Waals surface area contributed by atoms with Gasteiger partial charge < -0.3 is 11.1 Å². The van der Waals surface area contributed by atoms with Crippen molar-refractivity contribution >= 4 is 23.4 Å². The largest absolute Gasteiger partial charge is 0.383 e. The highest BCUT2D eigenvalue weighted by Gasteiger charge is 2.36. The summed E-state index contributed by atoms with van der Waals surface area (Å²) in [6, 6.07) is 1.78. The van der Waals surface area contributed by atoms with E-state index in [9.17, 15) is 0 Å². The highest BCUT2D eigenvalue weighted by atomic mass is 32.2. The summed E-state index contributed by atoms with van der Waals surface area (Å²) in [5.41, 5.74) is 6.16. The molecule has 0 radical (unpaired) electrons. The monoisotopic (exact) mass is 224 g/mol. The van der Waals surface area contributed by atoms with Crippen LogP contribution in [-0.4, -0.2) is 22.8 Å². The third kappa shape index (κ3) is 2.75. The van der Waals surface area contributed by atoms with Gasteiger partial charge in [0.1, 0.15) is 11.6 Å². The zero-order chi connectivity index (χ0) is 10.9. The van der Waals surface area contributed by atoms with Crippen molar-refractivity contribution in [2.45, 2.75) is 24.9 Å². The summed E-state index contributed by atoms with van der Waals surface area (Å²) in [5.74, 6) is 1.36. The molecule has 1 heterocycles. The van der Waals surface area contributed by atoms with Gasteiger partial charge in [-0.3, -0.25) is 0 Å². The molecule has 82 valence electrons. The Labute approximate surface area is 94.1 Å². The summed E-state index contributed by atoms with van der Waals surface area (Å²) in [4.78, 5) is 8.45. The van der Waals surface area contributed by atoms with E-state index in [-0.39, 0.29) is 0 Å². The lowest BCUT2D eigenvalue weighted by atomic mass is 10.1. The number of rotatable bonds is 4. The van der Waals surface area contributed by atoms with E-state index in [0.717, 1.165) is 17.5 Å². The molecule has 0 aliphatic heterocycles. The van der Waals surface area contributed by atoms with E-state index in [1.807, 2.05) is 6.26 Å². The molecule has 1 aliphatic carbocycles. The van der Waals surface area contributed by atoms with Crippen molar-refractivity contribution in [1.82, 2.24) is 9.97 Å². The van der Waals surface area contributed by atoms with Gasteiger partial charge in [0.05, 0.1) is 0 Å².